The monoisotopic (exact) mass is 339 g/mol. The largest absolute Gasteiger partial charge is 0.384 e. The number of carbonyl (C=O) groups is 1. The smallest absolute Gasteiger partial charge is 0.255 e. The molecule has 128 valence electrons. The molecule has 1 aromatic carbocycles. The van der Waals surface area contributed by atoms with Gasteiger partial charge in [0.1, 0.15) is 17.5 Å². The first-order valence-electron chi connectivity index (χ1n) is 7.73. The van der Waals surface area contributed by atoms with Crippen molar-refractivity contribution in [3.8, 4) is 0 Å². The normalized spacial score (nSPS) is 11.9. The van der Waals surface area contributed by atoms with E-state index in [1.54, 1.807) is 18.5 Å². The van der Waals surface area contributed by atoms with E-state index in [0.29, 0.717) is 6.42 Å². The number of nitrogen functional groups attached to an aromatic ring is 2. The highest BCUT2D eigenvalue weighted by atomic mass is 19.1. The summed E-state index contributed by atoms with van der Waals surface area (Å²) in [4.78, 5) is 19.4. The first-order chi connectivity index (χ1) is 12.0. The Bertz CT molecular complexity index is 879. The number of aromatic nitrogens is 2. The van der Waals surface area contributed by atoms with E-state index in [-0.39, 0.29) is 35.0 Å². The second-order valence-corrected chi connectivity index (χ2v) is 5.67. The maximum Gasteiger partial charge on any atom is 0.255 e. The number of aromatic amines is 1. The summed E-state index contributed by atoms with van der Waals surface area (Å²) in [6.45, 7) is 0. The number of carbonyl (C=O) groups excluding carboxylic acids is 1. The Hall–Kier alpha value is -3.35. The fourth-order valence-corrected chi connectivity index (χ4v) is 2.62. The number of hydrogen-bond donors (Lipinski definition) is 4. The molecule has 0 saturated heterocycles. The van der Waals surface area contributed by atoms with Crippen LogP contribution in [-0.4, -0.2) is 15.9 Å². The Balaban J connectivity index is 1.84. The van der Waals surface area contributed by atoms with Crippen LogP contribution >= 0.6 is 0 Å². The molecule has 0 aliphatic rings. The second-order valence-electron chi connectivity index (χ2n) is 5.67. The number of pyridine rings is 1. The summed E-state index contributed by atoms with van der Waals surface area (Å²) >= 11 is 0. The van der Waals surface area contributed by atoms with Crippen LogP contribution in [0.1, 0.15) is 27.5 Å². The minimum Gasteiger partial charge on any atom is -0.384 e. The molecule has 0 fully saturated rings. The summed E-state index contributed by atoms with van der Waals surface area (Å²) in [5, 5.41) is 2.92. The molecule has 7 heteroatoms. The summed E-state index contributed by atoms with van der Waals surface area (Å²) in [6.07, 6.45) is 3.98. The van der Waals surface area contributed by atoms with Gasteiger partial charge in [0, 0.05) is 12.4 Å². The third-order valence-corrected chi connectivity index (χ3v) is 3.85. The molecule has 3 aromatic rings. The van der Waals surface area contributed by atoms with Crippen LogP contribution < -0.4 is 16.8 Å². The van der Waals surface area contributed by atoms with Gasteiger partial charge in [0.05, 0.1) is 11.6 Å². The predicted molar refractivity (Wildman–Crippen MR) is 94.2 cm³/mol. The van der Waals surface area contributed by atoms with Gasteiger partial charge in [0.25, 0.3) is 5.91 Å². The quantitative estimate of drug-likeness (QED) is 0.572. The summed E-state index contributed by atoms with van der Waals surface area (Å²) in [7, 11) is 0. The fraction of sp³-hybridized carbons (Fsp3) is 0.111. The average Bonchev–Trinajstić information content (AvgIpc) is 3.08. The molecule has 0 radical (unpaired) electrons. The van der Waals surface area contributed by atoms with Crippen LogP contribution in [0.5, 0.6) is 0 Å². The maximum atomic E-state index is 13.4. The zero-order valence-electron chi connectivity index (χ0n) is 13.4. The Morgan fingerprint density at radius 2 is 2.08 bits per heavy atom. The van der Waals surface area contributed by atoms with Gasteiger partial charge in [-0.1, -0.05) is 12.1 Å². The molecule has 25 heavy (non-hydrogen) atoms. The van der Waals surface area contributed by atoms with Crippen molar-refractivity contribution in [1.82, 2.24) is 15.3 Å². The van der Waals surface area contributed by atoms with Crippen LogP contribution in [0.25, 0.3) is 0 Å². The molecule has 1 atom stereocenters. The Morgan fingerprint density at radius 1 is 1.24 bits per heavy atom. The number of hydrogen-bond acceptors (Lipinski definition) is 4. The number of anilines is 2. The predicted octanol–water partition coefficient (Wildman–Crippen LogP) is 2.43. The van der Waals surface area contributed by atoms with Crippen molar-refractivity contribution in [2.75, 3.05) is 11.5 Å². The molecule has 1 amide bonds. The van der Waals surface area contributed by atoms with Gasteiger partial charge in [-0.25, -0.2) is 9.37 Å². The van der Waals surface area contributed by atoms with Gasteiger partial charge in [-0.15, -0.1) is 0 Å². The van der Waals surface area contributed by atoms with Crippen molar-refractivity contribution in [2.45, 2.75) is 12.5 Å². The number of amides is 1. The lowest BCUT2D eigenvalue weighted by Crippen LogP contribution is -2.30. The summed E-state index contributed by atoms with van der Waals surface area (Å²) < 4.78 is 13.4. The van der Waals surface area contributed by atoms with Crippen LogP contribution in [0.2, 0.25) is 0 Å². The Morgan fingerprint density at radius 3 is 2.76 bits per heavy atom. The standard InChI is InChI=1S/C18H18FN5O/c19-13-3-1-2-11(8-13)9-15(12-6-7-22-10-12)23-18(25)14-4-5-16(20)24-17(14)21/h1-8,10,15,22H,9H2,(H,23,25)(H4,20,21,24). The van der Waals surface area contributed by atoms with Crippen LogP contribution in [0, 0.1) is 5.82 Å². The van der Waals surface area contributed by atoms with Crippen LogP contribution in [0.4, 0.5) is 16.0 Å². The van der Waals surface area contributed by atoms with Crippen molar-refractivity contribution < 1.29 is 9.18 Å². The third kappa shape index (κ3) is 3.95. The number of rotatable bonds is 5. The van der Waals surface area contributed by atoms with E-state index < -0.39 is 0 Å². The minimum absolute atomic E-state index is 0.0658. The van der Waals surface area contributed by atoms with Gasteiger partial charge in [0.2, 0.25) is 0 Å². The van der Waals surface area contributed by atoms with Crippen molar-refractivity contribution in [3.05, 3.63) is 77.4 Å². The summed E-state index contributed by atoms with van der Waals surface area (Å²) in [5.74, 6) is -0.372. The zero-order valence-corrected chi connectivity index (χ0v) is 13.4. The van der Waals surface area contributed by atoms with Crippen LogP contribution in [0.3, 0.4) is 0 Å². The van der Waals surface area contributed by atoms with E-state index in [9.17, 15) is 9.18 Å². The average molecular weight is 339 g/mol. The highest BCUT2D eigenvalue weighted by molar-refractivity contribution is 5.98. The minimum atomic E-state index is -0.368. The number of nitrogens with two attached hydrogens (primary N) is 2. The lowest BCUT2D eigenvalue weighted by Gasteiger charge is -2.18. The van der Waals surface area contributed by atoms with Crippen molar-refractivity contribution in [3.63, 3.8) is 0 Å². The molecule has 6 N–H and O–H groups in total. The molecule has 3 rings (SSSR count). The maximum absolute atomic E-state index is 13.4. The zero-order chi connectivity index (χ0) is 17.8. The molecular weight excluding hydrogens is 321 g/mol. The summed E-state index contributed by atoms with van der Waals surface area (Å²) in [5.41, 5.74) is 13.2. The van der Waals surface area contributed by atoms with Gasteiger partial charge >= 0.3 is 0 Å². The van der Waals surface area contributed by atoms with E-state index in [0.717, 1.165) is 11.1 Å². The number of H-pyrrole nitrogens is 1. The van der Waals surface area contributed by atoms with E-state index in [2.05, 4.69) is 15.3 Å². The van der Waals surface area contributed by atoms with Crippen molar-refractivity contribution in [2.24, 2.45) is 0 Å². The van der Waals surface area contributed by atoms with Crippen LogP contribution in [-0.2, 0) is 6.42 Å². The summed E-state index contributed by atoms with van der Waals surface area (Å²) in [6, 6.07) is 10.8. The molecule has 0 spiro atoms. The van der Waals surface area contributed by atoms with Gasteiger partial charge in [-0.2, -0.15) is 0 Å². The SMILES string of the molecule is Nc1ccc(C(=O)NC(Cc2cccc(F)c2)c2cc[nH]c2)c(N)n1. The lowest BCUT2D eigenvalue weighted by molar-refractivity contribution is 0.0937. The molecule has 1 unspecified atom stereocenters. The van der Waals surface area contributed by atoms with Crippen molar-refractivity contribution in [1.29, 1.82) is 0 Å². The molecule has 0 saturated carbocycles. The Labute approximate surface area is 144 Å². The van der Waals surface area contributed by atoms with Gasteiger partial charge < -0.3 is 21.8 Å². The second kappa shape index (κ2) is 7.04. The lowest BCUT2D eigenvalue weighted by atomic mass is 10.0. The first-order valence-corrected chi connectivity index (χ1v) is 7.73. The molecule has 6 nitrogen and oxygen atoms in total. The van der Waals surface area contributed by atoms with Crippen molar-refractivity contribution >= 4 is 17.5 Å². The Kier molecular flexibility index (Phi) is 4.65. The third-order valence-electron chi connectivity index (χ3n) is 3.85. The molecule has 0 aliphatic carbocycles. The topological polar surface area (TPSA) is 110 Å². The van der Waals surface area contributed by atoms with E-state index in [1.807, 2.05) is 12.1 Å². The molecule has 0 bridgehead atoms. The fourth-order valence-electron chi connectivity index (χ4n) is 2.62. The number of halogens is 1. The van der Waals surface area contributed by atoms with Gasteiger partial charge in [-0.3, -0.25) is 4.79 Å². The highest BCUT2D eigenvalue weighted by Crippen LogP contribution is 2.20. The molecular formula is C18H18FN5O. The molecule has 0 aliphatic heterocycles. The van der Waals surface area contributed by atoms with E-state index in [1.165, 1.54) is 24.3 Å². The number of benzene rings is 1. The van der Waals surface area contributed by atoms with Gasteiger partial charge in [-0.05, 0) is 47.9 Å². The van der Waals surface area contributed by atoms with Gasteiger partial charge in [0.15, 0.2) is 0 Å². The number of nitrogens with one attached hydrogen (secondary N) is 2. The highest BCUT2D eigenvalue weighted by Gasteiger charge is 2.19. The van der Waals surface area contributed by atoms with Crippen LogP contribution in [0.15, 0.2) is 54.9 Å². The molecule has 2 aromatic heterocycles. The van der Waals surface area contributed by atoms with E-state index in [4.69, 9.17) is 11.5 Å². The van der Waals surface area contributed by atoms with E-state index >= 15 is 0 Å². The number of nitrogens with zero attached hydrogens (tertiary/aromatic N) is 1. The molecule has 2 heterocycles. The first kappa shape index (κ1) is 16.5.